The van der Waals surface area contributed by atoms with Crippen LogP contribution in [0.1, 0.15) is 31.4 Å². The molecule has 0 N–H and O–H groups in total. The van der Waals surface area contributed by atoms with Gasteiger partial charge in [-0.3, -0.25) is 14.2 Å². The summed E-state index contributed by atoms with van der Waals surface area (Å²) in [6, 6.07) is 19.4. The van der Waals surface area contributed by atoms with Crippen LogP contribution in [-0.4, -0.2) is 42.6 Å². The van der Waals surface area contributed by atoms with Crippen molar-refractivity contribution in [2.75, 3.05) is 13.1 Å². The molecule has 2 unspecified atom stereocenters. The third-order valence-electron chi connectivity index (χ3n) is 6.88. The second kappa shape index (κ2) is 9.97. The van der Waals surface area contributed by atoms with Crippen LogP contribution >= 0.6 is 0 Å². The summed E-state index contributed by atoms with van der Waals surface area (Å²) in [6.45, 7) is 5.95. The lowest BCUT2D eigenvalue weighted by atomic mass is 9.92. The minimum Gasteiger partial charge on any atom is -0.341 e. The van der Waals surface area contributed by atoms with Crippen LogP contribution in [0.25, 0.3) is 11.2 Å². The van der Waals surface area contributed by atoms with Gasteiger partial charge < -0.3 is 9.47 Å². The summed E-state index contributed by atoms with van der Waals surface area (Å²) in [6.07, 6.45) is 2.67. The van der Waals surface area contributed by atoms with Crippen LogP contribution in [0, 0.1) is 11.8 Å². The van der Waals surface area contributed by atoms with Crippen LogP contribution in [0.15, 0.2) is 76.6 Å². The molecule has 2 atom stereocenters. The van der Waals surface area contributed by atoms with Crippen LogP contribution < -0.4 is 11.2 Å². The lowest BCUT2D eigenvalue weighted by molar-refractivity contribution is -0.134. The molecule has 1 amide bonds. The van der Waals surface area contributed by atoms with E-state index < -0.39 is 11.2 Å². The molecule has 0 saturated carbocycles. The number of hydrogen-bond donors (Lipinski definition) is 0. The normalized spacial score (nSPS) is 18.0. The molecular formula is C28H31N5O3. The van der Waals surface area contributed by atoms with E-state index >= 15 is 0 Å². The van der Waals surface area contributed by atoms with Gasteiger partial charge in [0.1, 0.15) is 6.54 Å². The molecule has 186 valence electrons. The van der Waals surface area contributed by atoms with Gasteiger partial charge in [0.15, 0.2) is 11.2 Å². The number of fused-ring (bicyclic) bond motifs is 1. The van der Waals surface area contributed by atoms with Gasteiger partial charge in [0.2, 0.25) is 5.91 Å². The first kappa shape index (κ1) is 23.8. The third-order valence-corrected chi connectivity index (χ3v) is 6.88. The predicted molar refractivity (Wildman–Crippen MR) is 139 cm³/mol. The molecule has 36 heavy (non-hydrogen) atoms. The summed E-state index contributed by atoms with van der Waals surface area (Å²) in [4.78, 5) is 46.9. The fraction of sp³-hybridized carbons (Fsp3) is 0.357. The van der Waals surface area contributed by atoms with E-state index in [0.717, 1.165) is 22.1 Å². The number of imidazole rings is 1. The first-order valence-electron chi connectivity index (χ1n) is 12.4. The van der Waals surface area contributed by atoms with Crippen molar-refractivity contribution in [1.82, 2.24) is 23.6 Å². The van der Waals surface area contributed by atoms with Gasteiger partial charge in [-0.2, -0.15) is 0 Å². The molecule has 0 aliphatic carbocycles. The van der Waals surface area contributed by atoms with Gasteiger partial charge in [-0.1, -0.05) is 74.5 Å². The molecule has 1 aliphatic rings. The van der Waals surface area contributed by atoms with Gasteiger partial charge in [0, 0.05) is 19.6 Å². The number of nitrogens with zero attached hydrogens (tertiary/aromatic N) is 5. The summed E-state index contributed by atoms with van der Waals surface area (Å²) in [5, 5.41) is 0. The van der Waals surface area contributed by atoms with Crippen molar-refractivity contribution in [2.45, 2.75) is 39.9 Å². The van der Waals surface area contributed by atoms with Crippen LogP contribution in [-0.2, 0) is 24.4 Å². The molecule has 1 aliphatic heterocycles. The van der Waals surface area contributed by atoms with E-state index in [1.807, 2.05) is 60.7 Å². The minimum atomic E-state index is -0.521. The van der Waals surface area contributed by atoms with Gasteiger partial charge in [0.05, 0.1) is 12.9 Å². The number of piperidine rings is 1. The first-order valence-corrected chi connectivity index (χ1v) is 12.4. The standard InChI is InChI=1S/C28H31N5O3/c1-20-13-21(2)15-30(14-20)24(34)18-33-27(35)25-26(29-19-31(25)16-22-9-5-3-6-10-22)32(28(33)36)17-23-11-7-4-8-12-23/h3-12,19-21H,13-18H2,1-2H3. The Morgan fingerprint density at radius 2 is 1.44 bits per heavy atom. The van der Waals surface area contributed by atoms with Gasteiger partial charge in [-0.05, 0) is 29.4 Å². The number of hydrogen-bond acceptors (Lipinski definition) is 4. The summed E-state index contributed by atoms with van der Waals surface area (Å²) < 4.78 is 4.35. The fourth-order valence-electron chi connectivity index (χ4n) is 5.29. The SMILES string of the molecule is CC1CC(C)CN(C(=O)Cn2c(=O)c3c(ncn3Cc3ccccc3)n(Cc3ccccc3)c2=O)C1. The molecule has 0 spiro atoms. The maximum absolute atomic E-state index is 13.7. The first-order chi connectivity index (χ1) is 17.4. The molecular weight excluding hydrogens is 454 g/mol. The zero-order valence-electron chi connectivity index (χ0n) is 20.7. The number of carbonyl (C=O) groups excluding carboxylic acids is 1. The second-order valence-corrected chi connectivity index (χ2v) is 10.0. The molecule has 4 aromatic rings. The monoisotopic (exact) mass is 485 g/mol. The number of amides is 1. The summed E-state index contributed by atoms with van der Waals surface area (Å²) in [5.41, 5.74) is 1.56. The van der Waals surface area contributed by atoms with Crippen molar-refractivity contribution in [3.8, 4) is 0 Å². The highest BCUT2D eigenvalue weighted by Gasteiger charge is 2.27. The highest BCUT2D eigenvalue weighted by molar-refractivity contribution is 5.77. The Labute approximate surface area is 209 Å². The van der Waals surface area contributed by atoms with Crippen LogP contribution in [0.2, 0.25) is 0 Å². The van der Waals surface area contributed by atoms with E-state index in [2.05, 4.69) is 18.8 Å². The lowest BCUT2D eigenvalue weighted by Crippen LogP contribution is -2.48. The molecule has 8 heteroatoms. The largest absolute Gasteiger partial charge is 0.341 e. The summed E-state index contributed by atoms with van der Waals surface area (Å²) >= 11 is 0. The topological polar surface area (TPSA) is 82.1 Å². The molecule has 2 aromatic carbocycles. The van der Waals surface area contributed by atoms with E-state index in [4.69, 9.17) is 0 Å². The molecule has 0 bridgehead atoms. The summed E-state index contributed by atoms with van der Waals surface area (Å²) in [7, 11) is 0. The number of aromatic nitrogens is 4. The average Bonchev–Trinajstić information content (AvgIpc) is 3.28. The van der Waals surface area contributed by atoms with E-state index in [1.54, 1.807) is 15.8 Å². The molecule has 2 aromatic heterocycles. The van der Waals surface area contributed by atoms with Crippen LogP contribution in [0.3, 0.4) is 0 Å². The highest BCUT2D eigenvalue weighted by atomic mass is 16.2. The Morgan fingerprint density at radius 1 is 0.861 bits per heavy atom. The number of likely N-dealkylation sites (tertiary alicyclic amines) is 1. The molecule has 0 radical (unpaired) electrons. The van der Waals surface area contributed by atoms with Crippen molar-refractivity contribution in [1.29, 1.82) is 0 Å². The van der Waals surface area contributed by atoms with Crippen molar-refractivity contribution < 1.29 is 4.79 Å². The van der Waals surface area contributed by atoms with E-state index in [0.29, 0.717) is 42.6 Å². The van der Waals surface area contributed by atoms with Crippen LogP contribution in [0.4, 0.5) is 0 Å². The number of benzene rings is 2. The molecule has 1 fully saturated rings. The van der Waals surface area contributed by atoms with Gasteiger partial charge in [-0.25, -0.2) is 14.3 Å². The zero-order chi connectivity index (χ0) is 25.2. The molecule has 3 heterocycles. The average molecular weight is 486 g/mol. The lowest BCUT2D eigenvalue weighted by Gasteiger charge is -2.35. The minimum absolute atomic E-state index is 0.202. The predicted octanol–water partition coefficient (Wildman–Crippen LogP) is 2.96. The molecule has 1 saturated heterocycles. The smallest absolute Gasteiger partial charge is 0.333 e. The Morgan fingerprint density at radius 3 is 2.06 bits per heavy atom. The van der Waals surface area contributed by atoms with Gasteiger partial charge in [0.25, 0.3) is 5.56 Å². The molecule has 5 rings (SSSR count). The Hall–Kier alpha value is -3.94. The van der Waals surface area contributed by atoms with Crippen molar-refractivity contribution in [2.24, 2.45) is 11.8 Å². The number of carbonyl (C=O) groups is 1. The Balaban J connectivity index is 1.60. The maximum Gasteiger partial charge on any atom is 0.333 e. The van der Waals surface area contributed by atoms with E-state index in [9.17, 15) is 14.4 Å². The van der Waals surface area contributed by atoms with E-state index in [-0.39, 0.29) is 19.0 Å². The highest BCUT2D eigenvalue weighted by Crippen LogP contribution is 2.21. The fourth-order valence-corrected chi connectivity index (χ4v) is 5.29. The van der Waals surface area contributed by atoms with Gasteiger partial charge in [-0.15, -0.1) is 0 Å². The quantitative estimate of drug-likeness (QED) is 0.421. The molecule has 8 nitrogen and oxygen atoms in total. The van der Waals surface area contributed by atoms with Crippen molar-refractivity contribution >= 4 is 17.1 Å². The third kappa shape index (κ3) is 4.76. The Kier molecular flexibility index (Phi) is 6.59. The van der Waals surface area contributed by atoms with E-state index in [1.165, 1.54) is 4.57 Å². The summed E-state index contributed by atoms with van der Waals surface area (Å²) in [5.74, 6) is 0.574. The maximum atomic E-state index is 13.7. The van der Waals surface area contributed by atoms with Gasteiger partial charge >= 0.3 is 5.69 Å². The second-order valence-electron chi connectivity index (χ2n) is 10.0. The Bertz CT molecular complexity index is 1480. The van der Waals surface area contributed by atoms with Crippen LogP contribution in [0.5, 0.6) is 0 Å². The van der Waals surface area contributed by atoms with Crippen molar-refractivity contribution in [3.05, 3.63) is 99.0 Å². The number of rotatable bonds is 6. The zero-order valence-corrected chi connectivity index (χ0v) is 20.7. The van der Waals surface area contributed by atoms with Crippen molar-refractivity contribution in [3.63, 3.8) is 0 Å².